The number of thioether (sulfide) groups is 1. The molecule has 0 aromatic heterocycles. The molecule has 0 fully saturated rings. The summed E-state index contributed by atoms with van der Waals surface area (Å²) in [5.74, 6) is 2.24. The highest BCUT2D eigenvalue weighted by atomic mass is 35.5. The summed E-state index contributed by atoms with van der Waals surface area (Å²) in [6, 6.07) is 4.55. The van der Waals surface area contributed by atoms with Crippen molar-refractivity contribution in [2.75, 3.05) is 18.6 Å². The highest BCUT2D eigenvalue weighted by Crippen LogP contribution is 2.32. The van der Waals surface area contributed by atoms with Crippen LogP contribution in [0.3, 0.4) is 0 Å². The average molecular weight is 286 g/mol. The Balaban J connectivity index is 1.97. The van der Waals surface area contributed by atoms with E-state index in [4.69, 9.17) is 16.3 Å². The first-order valence-electron chi connectivity index (χ1n) is 6.37. The summed E-state index contributed by atoms with van der Waals surface area (Å²) >= 11 is 8.03. The number of nitrogens with one attached hydrogen (secondary N) is 1. The normalized spacial score (nSPS) is 15.3. The summed E-state index contributed by atoms with van der Waals surface area (Å²) in [7, 11) is 0. The molecule has 0 aliphatic carbocycles. The van der Waals surface area contributed by atoms with Gasteiger partial charge in [-0.15, -0.1) is 0 Å². The monoisotopic (exact) mass is 285 g/mol. The fraction of sp³-hybridized carbons (Fsp3) is 0.571. The first-order chi connectivity index (χ1) is 8.70. The lowest BCUT2D eigenvalue weighted by Gasteiger charge is -2.15. The summed E-state index contributed by atoms with van der Waals surface area (Å²) in [5, 5.41) is 4.35. The van der Waals surface area contributed by atoms with Crippen molar-refractivity contribution < 1.29 is 4.74 Å². The molecule has 0 spiro atoms. The maximum absolute atomic E-state index is 6.14. The Morgan fingerprint density at radius 3 is 3.11 bits per heavy atom. The number of hydrogen-bond acceptors (Lipinski definition) is 3. The maximum Gasteiger partial charge on any atom is 0.127 e. The van der Waals surface area contributed by atoms with E-state index < -0.39 is 0 Å². The van der Waals surface area contributed by atoms with Crippen LogP contribution in [0, 0.1) is 0 Å². The molecule has 1 N–H and O–H groups in total. The van der Waals surface area contributed by atoms with Gasteiger partial charge in [-0.1, -0.05) is 11.6 Å². The summed E-state index contributed by atoms with van der Waals surface area (Å²) in [4.78, 5) is 0. The molecule has 1 atom stereocenters. The number of hydrogen-bond donors (Lipinski definition) is 1. The quantitative estimate of drug-likeness (QED) is 0.864. The van der Waals surface area contributed by atoms with Gasteiger partial charge in [-0.25, -0.2) is 0 Å². The zero-order valence-corrected chi connectivity index (χ0v) is 12.5. The smallest absolute Gasteiger partial charge is 0.127 e. The van der Waals surface area contributed by atoms with Crippen molar-refractivity contribution in [1.82, 2.24) is 5.32 Å². The first kappa shape index (κ1) is 14.0. The fourth-order valence-corrected chi connectivity index (χ4v) is 3.01. The highest BCUT2D eigenvalue weighted by molar-refractivity contribution is 7.98. The number of benzene rings is 1. The maximum atomic E-state index is 6.14. The Bertz CT molecular complexity index is 411. The van der Waals surface area contributed by atoms with Gasteiger partial charge in [0, 0.05) is 29.6 Å². The lowest BCUT2D eigenvalue weighted by atomic mass is 10.1. The summed E-state index contributed by atoms with van der Waals surface area (Å²) < 4.78 is 5.70. The highest BCUT2D eigenvalue weighted by Gasteiger charge is 2.17. The van der Waals surface area contributed by atoms with Crippen LogP contribution in [0.25, 0.3) is 0 Å². The van der Waals surface area contributed by atoms with Crippen LogP contribution < -0.4 is 10.1 Å². The van der Waals surface area contributed by atoms with Crippen LogP contribution in [0.5, 0.6) is 5.75 Å². The van der Waals surface area contributed by atoms with E-state index in [0.29, 0.717) is 6.04 Å². The van der Waals surface area contributed by atoms with Crippen molar-refractivity contribution in [2.45, 2.75) is 32.4 Å². The molecule has 0 bridgehead atoms. The zero-order valence-electron chi connectivity index (χ0n) is 11.0. The average Bonchev–Trinajstić information content (AvgIpc) is 2.81. The minimum atomic E-state index is 0.522. The zero-order chi connectivity index (χ0) is 13.0. The molecular formula is C14H20ClNOS. The van der Waals surface area contributed by atoms with Crippen LogP contribution in [-0.2, 0) is 13.0 Å². The molecule has 0 radical (unpaired) electrons. The molecule has 1 aliphatic rings. The van der Waals surface area contributed by atoms with Crippen LogP contribution >= 0.6 is 23.4 Å². The van der Waals surface area contributed by atoms with Gasteiger partial charge in [-0.2, -0.15) is 11.8 Å². The Hall–Kier alpha value is -0.380. The molecule has 1 aromatic carbocycles. The number of rotatable bonds is 6. The Morgan fingerprint density at radius 1 is 1.50 bits per heavy atom. The van der Waals surface area contributed by atoms with E-state index in [1.165, 1.54) is 23.3 Å². The van der Waals surface area contributed by atoms with Crippen molar-refractivity contribution >= 4 is 23.4 Å². The van der Waals surface area contributed by atoms with Gasteiger partial charge >= 0.3 is 0 Å². The third-order valence-corrected chi connectivity index (χ3v) is 4.08. The van der Waals surface area contributed by atoms with Gasteiger partial charge in [0.25, 0.3) is 0 Å². The summed E-state index contributed by atoms with van der Waals surface area (Å²) in [6.45, 7) is 3.84. The van der Waals surface area contributed by atoms with Gasteiger partial charge in [0.15, 0.2) is 0 Å². The van der Waals surface area contributed by atoms with Gasteiger partial charge in [-0.3, -0.25) is 0 Å². The number of ether oxygens (including phenoxy) is 1. The first-order valence-corrected chi connectivity index (χ1v) is 8.14. The largest absolute Gasteiger partial charge is 0.493 e. The van der Waals surface area contributed by atoms with Gasteiger partial charge in [-0.05, 0) is 43.0 Å². The Kier molecular flexibility index (Phi) is 5.22. The molecule has 1 aliphatic heterocycles. The van der Waals surface area contributed by atoms with Crippen molar-refractivity contribution in [1.29, 1.82) is 0 Å². The van der Waals surface area contributed by atoms with Crippen molar-refractivity contribution in [3.8, 4) is 5.75 Å². The Labute approximate surface area is 118 Å². The molecule has 18 heavy (non-hydrogen) atoms. The second-order valence-corrected chi connectivity index (χ2v) is 6.14. The molecule has 4 heteroatoms. The predicted octanol–water partition coefficient (Wildman–Crippen LogP) is 3.51. The second kappa shape index (κ2) is 6.69. The molecule has 1 heterocycles. The molecule has 100 valence electrons. The second-order valence-electron chi connectivity index (χ2n) is 4.72. The molecule has 0 saturated carbocycles. The van der Waals surface area contributed by atoms with Crippen LogP contribution in [0.15, 0.2) is 12.1 Å². The predicted molar refractivity (Wildman–Crippen MR) is 80.0 cm³/mol. The van der Waals surface area contributed by atoms with Gasteiger partial charge < -0.3 is 10.1 Å². The van der Waals surface area contributed by atoms with E-state index in [1.807, 2.05) is 23.9 Å². The summed E-state index contributed by atoms with van der Waals surface area (Å²) in [6.07, 6.45) is 4.31. The van der Waals surface area contributed by atoms with Gasteiger partial charge in [0.2, 0.25) is 0 Å². The molecule has 0 amide bonds. The van der Waals surface area contributed by atoms with Gasteiger partial charge in [0.05, 0.1) is 6.61 Å². The van der Waals surface area contributed by atoms with Gasteiger partial charge in [0.1, 0.15) is 5.75 Å². The van der Waals surface area contributed by atoms with Crippen LogP contribution in [0.4, 0.5) is 0 Å². The molecule has 1 aromatic rings. The minimum Gasteiger partial charge on any atom is -0.493 e. The van der Waals surface area contributed by atoms with E-state index in [9.17, 15) is 0 Å². The fourth-order valence-electron chi connectivity index (χ4n) is 2.16. The topological polar surface area (TPSA) is 21.3 Å². The van der Waals surface area contributed by atoms with E-state index >= 15 is 0 Å². The van der Waals surface area contributed by atoms with E-state index in [-0.39, 0.29) is 0 Å². The molecule has 0 saturated heterocycles. The summed E-state index contributed by atoms with van der Waals surface area (Å²) in [5.41, 5.74) is 2.43. The lowest BCUT2D eigenvalue weighted by molar-refractivity contribution is 0.351. The number of halogens is 1. The third-order valence-electron chi connectivity index (χ3n) is 3.22. The minimum absolute atomic E-state index is 0.522. The molecular weight excluding hydrogens is 266 g/mol. The van der Waals surface area contributed by atoms with Crippen molar-refractivity contribution in [3.05, 3.63) is 28.3 Å². The molecule has 1 unspecified atom stereocenters. The van der Waals surface area contributed by atoms with Crippen LogP contribution in [0.2, 0.25) is 5.02 Å². The van der Waals surface area contributed by atoms with Crippen molar-refractivity contribution in [3.63, 3.8) is 0 Å². The van der Waals surface area contributed by atoms with E-state index in [0.717, 1.165) is 30.3 Å². The van der Waals surface area contributed by atoms with E-state index in [2.05, 4.69) is 18.5 Å². The third kappa shape index (κ3) is 3.56. The van der Waals surface area contributed by atoms with E-state index in [1.54, 1.807) is 0 Å². The SMILES string of the molecule is CSCCC(C)NCc1cc(Cl)cc2c1OCC2. The standard InChI is InChI=1S/C14H20ClNOS/c1-10(4-6-18-2)16-9-12-8-13(15)7-11-3-5-17-14(11)12/h7-8,10,16H,3-6,9H2,1-2H3. The molecule has 2 nitrogen and oxygen atoms in total. The lowest BCUT2D eigenvalue weighted by Crippen LogP contribution is -2.26. The Morgan fingerprint density at radius 2 is 2.33 bits per heavy atom. The van der Waals surface area contributed by atoms with Crippen molar-refractivity contribution in [2.24, 2.45) is 0 Å². The number of fused-ring (bicyclic) bond motifs is 1. The van der Waals surface area contributed by atoms with Crippen LogP contribution in [-0.4, -0.2) is 24.7 Å². The molecule has 2 rings (SSSR count). The van der Waals surface area contributed by atoms with Crippen LogP contribution in [0.1, 0.15) is 24.5 Å².